The monoisotopic (exact) mass is 314 g/mol. The first-order valence-corrected chi connectivity index (χ1v) is 8.96. The molecule has 120 valence electrons. The summed E-state index contributed by atoms with van der Waals surface area (Å²) in [7, 11) is 0.171. The lowest BCUT2D eigenvalue weighted by Crippen LogP contribution is -2.57. The first-order chi connectivity index (χ1) is 10.1. The molecule has 1 aromatic carbocycles. The summed E-state index contributed by atoms with van der Waals surface area (Å²) in [5.74, 6) is 1.37. The quantitative estimate of drug-likeness (QED) is 0.654. The highest BCUT2D eigenvalue weighted by molar-refractivity contribution is 6.77. The number of hydrogen-bond acceptors (Lipinski definition) is 5. The van der Waals surface area contributed by atoms with Gasteiger partial charge in [0.05, 0.1) is 14.2 Å². The van der Waals surface area contributed by atoms with Gasteiger partial charge in [-0.2, -0.15) is 0 Å². The summed E-state index contributed by atoms with van der Waals surface area (Å²) in [5.41, 5.74) is 0.990. The predicted molar refractivity (Wildman–Crippen MR) is 84.5 cm³/mol. The van der Waals surface area contributed by atoms with Gasteiger partial charge < -0.3 is 22.8 Å². The van der Waals surface area contributed by atoms with E-state index in [1.165, 1.54) is 0 Å². The molecule has 0 unspecified atom stereocenters. The topological polar surface area (TPSA) is 46.2 Å². The van der Waals surface area contributed by atoms with Crippen LogP contribution in [0.15, 0.2) is 12.1 Å². The molecule has 0 spiro atoms. The third-order valence-corrected chi connectivity index (χ3v) is 6.14. The Balaban J connectivity index is 3.56. The van der Waals surface area contributed by atoms with Gasteiger partial charge in [0.2, 0.25) is 0 Å². The van der Waals surface area contributed by atoms with Gasteiger partial charge in [0.15, 0.2) is 0 Å². The normalized spacial score (nSPS) is 11.5. The first-order valence-electron chi connectivity index (χ1n) is 7.24. The zero-order valence-electron chi connectivity index (χ0n) is 13.8. The fraction of sp³-hybridized carbons (Fsp3) is 0.600. The minimum Gasteiger partial charge on any atom is -0.496 e. The van der Waals surface area contributed by atoms with Gasteiger partial charge in [0.1, 0.15) is 16.7 Å². The number of aryl methyl sites for hydroxylation is 1. The lowest BCUT2D eigenvalue weighted by Gasteiger charge is -2.31. The number of hydrogen-bond donors (Lipinski definition) is 0. The molecule has 1 rings (SSSR count). The third kappa shape index (κ3) is 3.77. The zero-order valence-corrected chi connectivity index (χ0v) is 14.8. The van der Waals surface area contributed by atoms with Crippen LogP contribution in [0.2, 0.25) is 0 Å². The summed E-state index contributed by atoms with van der Waals surface area (Å²) < 4.78 is 29.0. The van der Waals surface area contributed by atoms with Crippen LogP contribution in [-0.4, -0.2) is 42.8 Å². The van der Waals surface area contributed by atoms with E-state index in [1.54, 1.807) is 14.2 Å². The van der Waals surface area contributed by atoms with Gasteiger partial charge in [-0.15, -0.1) is 0 Å². The van der Waals surface area contributed by atoms with Gasteiger partial charge in [-0.25, -0.2) is 0 Å². The fourth-order valence-electron chi connectivity index (χ4n) is 2.30. The maximum atomic E-state index is 5.97. The van der Waals surface area contributed by atoms with Crippen LogP contribution >= 0.6 is 0 Å². The van der Waals surface area contributed by atoms with Gasteiger partial charge in [-0.3, -0.25) is 0 Å². The van der Waals surface area contributed by atoms with Crippen LogP contribution in [-0.2, 0) is 13.3 Å². The van der Waals surface area contributed by atoms with E-state index in [0.29, 0.717) is 31.3 Å². The second-order valence-electron chi connectivity index (χ2n) is 4.35. The second-order valence-corrected chi connectivity index (χ2v) is 6.83. The molecule has 0 amide bonds. The molecule has 21 heavy (non-hydrogen) atoms. The maximum absolute atomic E-state index is 5.97. The molecule has 0 aliphatic carbocycles. The summed E-state index contributed by atoms with van der Waals surface area (Å²) in [4.78, 5) is 0. The molecule has 0 N–H and O–H groups in total. The summed E-state index contributed by atoms with van der Waals surface area (Å²) in [6, 6.07) is 3.84. The van der Waals surface area contributed by atoms with E-state index in [9.17, 15) is 0 Å². The Kier molecular flexibility index (Phi) is 7.17. The number of methoxy groups -OCH3 is 2. The maximum Gasteiger partial charge on any atom is 0.544 e. The Morgan fingerprint density at radius 3 is 1.76 bits per heavy atom. The second kappa shape index (κ2) is 8.38. The van der Waals surface area contributed by atoms with Crippen LogP contribution in [0.25, 0.3) is 0 Å². The fourth-order valence-corrected chi connectivity index (χ4v) is 5.19. The van der Waals surface area contributed by atoms with Crippen molar-refractivity contribution in [1.82, 2.24) is 0 Å². The van der Waals surface area contributed by atoms with Gasteiger partial charge >= 0.3 is 8.80 Å². The Labute approximate surface area is 128 Å². The van der Waals surface area contributed by atoms with E-state index in [1.807, 2.05) is 39.8 Å². The van der Waals surface area contributed by atoms with Crippen molar-refractivity contribution in [2.24, 2.45) is 0 Å². The number of benzene rings is 1. The highest BCUT2D eigenvalue weighted by atomic mass is 28.4. The zero-order chi connectivity index (χ0) is 15.9. The van der Waals surface area contributed by atoms with Crippen molar-refractivity contribution in [3.05, 3.63) is 17.7 Å². The molecule has 0 aromatic heterocycles. The van der Waals surface area contributed by atoms with Crippen molar-refractivity contribution in [3.63, 3.8) is 0 Å². The Bertz CT molecular complexity index is 433. The average molecular weight is 314 g/mol. The molecule has 5 nitrogen and oxygen atoms in total. The van der Waals surface area contributed by atoms with Crippen molar-refractivity contribution in [3.8, 4) is 11.5 Å². The molecule has 0 atom stereocenters. The van der Waals surface area contributed by atoms with Crippen LogP contribution in [0.4, 0.5) is 0 Å². The van der Waals surface area contributed by atoms with Crippen LogP contribution in [0, 0.1) is 6.92 Å². The van der Waals surface area contributed by atoms with E-state index in [2.05, 4.69) is 0 Å². The molecule has 1 aromatic rings. The van der Waals surface area contributed by atoms with Crippen molar-refractivity contribution >= 4 is 14.0 Å². The minimum atomic E-state index is -3.08. The van der Waals surface area contributed by atoms with E-state index in [0.717, 1.165) is 10.8 Å². The molecule has 0 aliphatic heterocycles. The summed E-state index contributed by atoms with van der Waals surface area (Å²) in [6.07, 6.45) is 0. The number of rotatable bonds is 9. The Hall–Kier alpha value is -1.08. The summed E-state index contributed by atoms with van der Waals surface area (Å²) in [5, 5.41) is 0.762. The molecule has 0 bridgehead atoms. The average Bonchev–Trinajstić information content (AvgIpc) is 2.47. The molecule has 0 aliphatic rings. The molecule has 0 saturated carbocycles. The molecule has 0 saturated heterocycles. The highest BCUT2D eigenvalue weighted by Gasteiger charge is 2.48. The van der Waals surface area contributed by atoms with Crippen LogP contribution in [0.3, 0.4) is 0 Å². The van der Waals surface area contributed by atoms with Crippen LogP contribution in [0.5, 0.6) is 11.5 Å². The predicted octanol–water partition coefficient (Wildman–Crippen LogP) is 2.27. The lowest BCUT2D eigenvalue weighted by molar-refractivity contribution is 0.0848. The van der Waals surface area contributed by atoms with Crippen molar-refractivity contribution < 1.29 is 22.8 Å². The SMILES string of the molecule is CCO[Si](OCC)(OCC)c1c(OC)ccc(C)c1OC. The smallest absolute Gasteiger partial charge is 0.496 e. The van der Waals surface area contributed by atoms with Crippen LogP contribution < -0.4 is 14.7 Å². The van der Waals surface area contributed by atoms with E-state index in [4.69, 9.17) is 22.8 Å². The van der Waals surface area contributed by atoms with Gasteiger partial charge in [-0.05, 0) is 39.3 Å². The van der Waals surface area contributed by atoms with E-state index >= 15 is 0 Å². The largest absolute Gasteiger partial charge is 0.544 e. The van der Waals surface area contributed by atoms with Gasteiger partial charge in [0, 0.05) is 19.8 Å². The number of ether oxygens (including phenoxy) is 2. The standard InChI is InChI=1S/C15H26O5Si/c1-7-18-21(19-8-2,20-9-3)15-13(16-5)11-10-12(4)14(15)17-6/h10-11H,7-9H2,1-6H3. The molecular formula is C15H26O5Si. The highest BCUT2D eigenvalue weighted by Crippen LogP contribution is 2.28. The molecular weight excluding hydrogens is 288 g/mol. The summed E-state index contributed by atoms with van der Waals surface area (Å²) in [6.45, 7) is 9.23. The van der Waals surface area contributed by atoms with E-state index < -0.39 is 8.80 Å². The molecule has 0 radical (unpaired) electrons. The third-order valence-electron chi connectivity index (χ3n) is 3.05. The Morgan fingerprint density at radius 1 is 0.857 bits per heavy atom. The minimum absolute atomic E-state index is 0.493. The van der Waals surface area contributed by atoms with E-state index in [-0.39, 0.29) is 0 Å². The Morgan fingerprint density at radius 2 is 1.38 bits per heavy atom. The van der Waals surface area contributed by atoms with Crippen molar-refractivity contribution in [2.75, 3.05) is 34.0 Å². The van der Waals surface area contributed by atoms with Gasteiger partial charge in [-0.1, -0.05) is 6.07 Å². The molecule has 6 heteroatoms. The lowest BCUT2D eigenvalue weighted by atomic mass is 10.2. The summed E-state index contributed by atoms with van der Waals surface area (Å²) >= 11 is 0. The van der Waals surface area contributed by atoms with Crippen LogP contribution in [0.1, 0.15) is 26.3 Å². The molecule has 0 fully saturated rings. The van der Waals surface area contributed by atoms with Gasteiger partial charge in [0.25, 0.3) is 0 Å². The first kappa shape index (κ1) is 18.0. The van der Waals surface area contributed by atoms with Crippen molar-refractivity contribution in [2.45, 2.75) is 27.7 Å². The van der Waals surface area contributed by atoms with Crippen molar-refractivity contribution in [1.29, 1.82) is 0 Å². The molecule has 0 heterocycles.